The van der Waals surface area contributed by atoms with E-state index >= 15 is 0 Å². The summed E-state index contributed by atoms with van der Waals surface area (Å²) < 4.78 is 0. The molecule has 5 heteroatoms. The lowest BCUT2D eigenvalue weighted by Gasteiger charge is -2.01. The minimum absolute atomic E-state index is 0.802. The fourth-order valence-corrected chi connectivity index (χ4v) is 2.37. The van der Waals surface area contributed by atoms with Crippen molar-refractivity contribution in [3.8, 4) is 0 Å². The van der Waals surface area contributed by atoms with Gasteiger partial charge in [-0.15, -0.1) is 11.3 Å². The molecule has 0 atom stereocenters. The Hall–Kier alpha value is -1.72. The third-order valence-electron chi connectivity index (χ3n) is 2.64. The van der Waals surface area contributed by atoms with E-state index in [1.165, 1.54) is 10.9 Å². The molecule has 0 bridgehead atoms. The highest BCUT2D eigenvalue weighted by atomic mass is 32.1. The molecule has 0 fully saturated rings. The van der Waals surface area contributed by atoms with Gasteiger partial charge in [-0.2, -0.15) is 0 Å². The average molecular weight is 244 g/mol. The Kier molecular flexibility index (Phi) is 2.85. The van der Waals surface area contributed by atoms with Gasteiger partial charge in [-0.3, -0.25) is 0 Å². The Morgan fingerprint density at radius 3 is 3.18 bits per heavy atom. The molecule has 0 saturated carbocycles. The summed E-state index contributed by atoms with van der Waals surface area (Å²) in [6.07, 6.45) is 3.80. The van der Waals surface area contributed by atoms with Crippen LogP contribution in [0.15, 0.2) is 35.4 Å². The van der Waals surface area contributed by atoms with E-state index in [1.807, 2.05) is 17.8 Å². The van der Waals surface area contributed by atoms with Crippen LogP contribution in [-0.4, -0.2) is 15.0 Å². The first-order valence-electron chi connectivity index (χ1n) is 5.42. The zero-order valence-electron chi connectivity index (χ0n) is 9.18. The van der Waals surface area contributed by atoms with E-state index in [1.54, 1.807) is 17.5 Å². The number of pyridine rings is 1. The maximum Gasteiger partial charge on any atom is 0.137 e. The molecule has 4 nitrogen and oxygen atoms in total. The van der Waals surface area contributed by atoms with E-state index < -0.39 is 0 Å². The van der Waals surface area contributed by atoms with Crippen molar-refractivity contribution in [2.24, 2.45) is 0 Å². The summed E-state index contributed by atoms with van der Waals surface area (Å²) in [5.41, 5.74) is 5.13. The highest BCUT2D eigenvalue weighted by molar-refractivity contribution is 7.07. The summed E-state index contributed by atoms with van der Waals surface area (Å²) >= 11 is 1.62. The zero-order chi connectivity index (χ0) is 11.5. The number of hydrogen-bond acceptors (Lipinski definition) is 4. The van der Waals surface area contributed by atoms with Gasteiger partial charge in [0.25, 0.3) is 0 Å². The van der Waals surface area contributed by atoms with Gasteiger partial charge >= 0.3 is 0 Å². The van der Waals surface area contributed by atoms with Gasteiger partial charge in [-0.25, -0.2) is 9.97 Å². The molecular weight excluding hydrogens is 232 g/mol. The lowest BCUT2D eigenvalue weighted by atomic mass is 10.2. The number of fused-ring (bicyclic) bond motifs is 1. The summed E-state index contributed by atoms with van der Waals surface area (Å²) in [4.78, 5) is 11.7. The molecule has 0 saturated heterocycles. The van der Waals surface area contributed by atoms with E-state index in [0.717, 1.165) is 24.4 Å². The standard InChI is InChI=1S/C12H12N4S/c1-2-11-9(5-15-12(11)14-3-1)4-13-6-10-7-17-8-16-10/h1-3,5,7-8,13H,4,6H2,(H,14,15). The van der Waals surface area contributed by atoms with Gasteiger partial charge in [0.2, 0.25) is 0 Å². The second-order valence-corrected chi connectivity index (χ2v) is 4.52. The van der Waals surface area contributed by atoms with Crippen LogP contribution >= 0.6 is 11.3 Å². The summed E-state index contributed by atoms with van der Waals surface area (Å²) in [6.45, 7) is 1.62. The fraction of sp³-hybridized carbons (Fsp3) is 0.167. The van der Waals surface area contributed by atoms with Crippen LogP contribution < -0.4 is 5.32 Å². The SMILES string of the molecule is c1cnc2[nH]cc(CNCc3cscn3)c2c1. The Labute approximate surface area is 103 Å². The Bertz CT molecular complexity index is 600. The van der Waals surface area contributed by atoms with Crippen molar-refractivity contribution < 1.29 is 0 Å². The van der Waals surface area contributed by atoms with Crippen molar-refractivity contribution in [2.45, 2.75) is 13.1 Å². The van der Waals surface area contributed by atoms with Gasteiger partial charge in [-0.1, -0.05) is 0 Å². The molecule has 0 amide bonds. The van der Waals surface area contributed by atoms with Crippen LogP contribution in [0.25, 0.3) is 11.0 Å². The highest BCUT2D eigenvalue weighted by Crippen LogP contribution is 2.15. The first-order valence-corrected chi connectivity index (χ1v) is 6.36. The quantitative estimate of drug-likeness (QED) is 0.740. The lowest BCUT2D eigenvalue weighted by molar-refractivity contribution is 0.685. The van der Waals surface area contributed by atoms with Crippen molar-refractivity contribution in [2.75, 3.05) is 0 Å². The van der Waals surface area contributed by atoms with Crippen LogP contribution in [0.3, 0.4) is 0 Å². The minimum atomic E-state index is 0.802. The van der Waals surface area contributed by atoms with Crippen molar-refractivity contribution in [1.82, 2.24) is 20.3 Å². The number of nitrogens with zero attached hydrogens (tertiary/aromatic N) is 2. The van der Waals surface area contributed by atoms with Crippen molar-refractivity contribution in [1.29, 1.82) is 0 Å². The number of nitrogens with one attached hydrogen (secondary N) is 2. The third-order valence-corrected chi connectivity index (χ3v) is 3.28. The molecule has 3 heterocycles. The predicted molar refractivity (Wildman–Crippen MR) is 68.8 cm³/mol. The number of aromatic amines is 1. The maximum absolute atomic E-state index is 4.27. The molecule has 0 aromatic carbocycles. The molecule has 0 aliphatic heterocycles. The van der Waals surface area contributed by atoms with Gasteiger partial charge < -0.3 is 10.3 Å². The van der Waals surface area contributed by atoms with E-state index in [0.29, 0.717) is 0 Å². The number of hydrogen-bond donors (Lipinski definition) is 2. The van der Waals surface area contributed by atoms with Gasteiger partial charge in [0, 0.05) is 36.2 Å². The molecule has 0 radical (unpaired) electrons. The van der Waals surface area contributed by atoms with Crippen LogP contribution in [0, 0.1) is 0 Å². The van der Waals surface area contributed by atoms with Crippen LogP contribution in [0.2, 0.25) is 0 Å². The fourth-order valence-electron chi connectivity index (χ4n) is 1.81. The first kappa shape index (κ1) is 10.4. The van der Waals surface area contributed by atoms with Crippen LogP contribution in [0.5, 0.6) is 0 Å². The molecule has 0 aliphatic carbocycles. The van der Waals surface area contributed by atoms with E-state index in [9.17, 15) is 0 Å². The molecule has 0 spiro atoms. The summed E-state index contributed by atoms with van der Waals surface area (Å²) in [5, 5.41) is 6.62. The zero-order valence-corrected chi connectivity index (χ0v) is 10.00. The molecule has 3 aromatic heterocycles. The third kappa shape index (κ3) is 2.20. The maximum atomic E-state index is 4.27. The molecule has 17 heavy (non-hydrogen) atoms. The number of H-pyrrole nitrogens is 1. The van der Waals surface area contributed by atoms with E-state index in [2.05, 4.69) is 31.7 Å². The van der Waals surface area contributed by atoms with Crippen molar-refractivity contribution in [3.05, 3.63) is 46.7 Å². The summed E-state index contributed by atoms with van der Waals surface area (Å²) in [6, 6.07) is 4.04. The number of aromatic nitrogens is 3. The van der Waals surface area contributed by atoms with Crippen molar-refractivity contribution in [3.63, 3.8) is 0 Å². The van der Waals surface area contributed by atoms with Gasteiger partial charge in [0.05, 0.1) is 11.2 Å². The first-order chi connectivity index (χ1) is 8.43. The average Bonchev–Trinajstić information content (AvgIpc) is 2.99. The second-order valence-electron chi connectivity index (χ2n) is 3.80. The van der Waals surface area contributed by atoms with Gasteiger partial charge in [0.15, 0.2) is 0 Å². The van der Waals surface area contributed by atoms with Gasteiger partial charge in [-0.05, 0) is 17.7 Å². The number of thiazole rings is 1. The van der Waals surface area contributed by atoms with Crippen molar-refractivity contribution >= 4 is 22.4 Å². The highest BCUT2D eigenvalue weighted by Gasteiger charge is 2.03. The lowest BCUT2D eigenvalue weighted by Crippen LogP contribution is -2.12. The Morgan fingerprint density at radius 1 is 1.29 bits per heavy atom. The Balaban J connectivity index is 1.69. The molecule has 86 valence electrons. The minimum Gasteiger partial charge on any atom is -0.346 e. The molecular formula is C12H12N4S. The summed E-state index contributed by atoms with van der Waals surface area (Å²) in [5.74, 6) is 0. The number of rotatable bonds is 4. The van der Waals surface area contributed by atoms with Crippen LogP contribution in [-0.2, 0) is 13.1 Å². The van der Waals surface area contributed by atoms with Gasteiger partial charge in [0.1, 0.15) is 5.65 Å². The van der Waals surface area contributed by atoms with E-state index in [-0.39, 0.29) is 0 Å². The normalized spacial score (nSPS) is 11.1. The molecule has 2 N–H and O–H groups in total. The van der Waals surface area contributed by atoms with E-state index in [4.69, 9.17) is 0 Å². The molecule has 0 aliphatic rings. The van der Waals surface area contributed by atoms with Crippen LogP contribution in [0.4, 0.5) is 0 Å². The summed E-state index contributed by atoms with van der Waals surface area (Å²) in [7, 11) is 0. The predicted octanol–water partition coefficient (Wildman–Crippen LogP) is 2.31. The smallest absolute Gasteiger partial charge is 0.137 e. The monoisotopic (exact) mass is 244 g/mol. The second kappa shape index (κ2) is 4.65. The van der Waals surface area contributed by atoms with Crippen LogP contribution in [0.1, 0.15) is 11.3 Å². The molecule has 3 aromatic rings. The largest absolute Gasteiger partial charge is 0.346 e. The molecule has 0 unspecified atom stereocenters. The Morgan fingerprint density at radius 2 is 2.29 bits per heavy atom. The topological polar surface area (TPSA) is 53.6 Å². The molecule has 3 rings (SSSR count).